The summed E-state index contributed by atoms with van der Waals surface area (Å²) in [7, 11) is 0. The van der Waals surface area contributed by atoms with Crippen LogP contribution in [0.4, 0.5) is 10.5 Å². The number of anilines is 1. The molecule has 0 bridgehead atoms. The van der Waals surface area contributed by atoms with Gasteiger partial charge in [-0.1, -0.05) is 30.3 Å². The van der Waals surface area contributed by atoms with E-state index in [1.165, 1.54) is 0 Å². The van der Waals surface area contributed by atoms with E-state index in [-0.39, 0.29) is 17.8 Å². The van der Waals surface area contributed by atoms with Crippen molar-refractivity contribution in [3.8, 4) is 0 Å². The number of rotatable bonds is 6. The number of H-pyrrole nitrogens is 1. The highest BCUT2D eigenvalue weighted by Gasteiger charge is 2.33. The van der Waals surface area contributed by atoms with Crippen molar-refractivity contribution < 1.29 is 9.90 Å². The van der Waals surface area contributed by atoms with Crippen LogP contribution in [0.3, 0.4) is 0 Å². The molecule has 30 heavy (non-hydrogen) atoms. The Morgan fingerprint density at radius 2 is 1.90 bits per heavy atom. The molecule has 2 heterocycles. The fraction of sp³-hybridized carbons (Fsp3) is 0.391. The molecule has 1 aromatic heterocycles. The molecule has 2 unspecified atom stereocenters. The number of imidazole rings is 1. The van der Waals surface area contributed by atoms with Gasteiger partial charge in [0.05, 0.1) is 11.0 Å². The monoisotopic (exact) mass is 408 g/mol. The van der Waals surface area contributed by atoms with Crippen molar-refractivity contribution in [2.45, 2.75) is 38.3 Å². The van der Waals surface area contributed by atoms with E-state index in [0.717, 1.165) is 36.2 Å². The number of benzene rings is 2. The van der Waals surface area contributed by atoms with Crippen LogP contribution in [0.25, 0.3) is 11.0 Å². The summed E-state index contributed by atoms with van der Waals surface area (Å²) < 4.78 is 1.82. The Balaban J connectivity index is 1.54. The summed E-state index contributed by atoms with van der Waals surface area (Å²) in [4.78, 5) is 31.2. The first kappa shape index (κ1) is 20.1. The summed E-state index contributed by atoms with van der Waals surface area (Å²) in [5.74, 6) is 0. The third-order valence-electron chi connectivity index (χ3n) is 6.16. The number of hydrogen-bond acceptors (Lipinski definition) is 3. The lowest BCUT2D eigenvalue weighted by molar-refractivity contribution is 0.0888. The molecule has 0 saturated carbocycles. The van der Waals surface area contributed by atoms with Crippen LogP contribution < -0.4 is 10.6 Å². The molecule has 2 N–H and O–H groups in total. The van der Waals surface area contributed by atoms with E-state index in [9.17, 15) is 14.7 Å². The zero-order valence-corrected chi connectivity index (χ0v) is 17.2. The number of piperidine rings is 1. The fourth-order valence-electron chi connectivity index (χ4n) is 4.64. The summed E-state index contributed by atoms with van der Waals surface area (Å²) >= 11 is 0. The second-order valence-electron chi connectivity index (χ2n) is 7.83. The van der Waals surface area contributed by atoms with Crippen molar-refractivity contribution in [3.63, 3.8) is 0 Å². The van der Waals surface area contributed by atoms with Crippen LogP contribution in [-0.4, -0.2) is 51.3 Å². The van der Waals surface area contributed by atoms with Gasteiger partial charge in [0, 0.05) is 37.4 Å². The van der Waals surface area contributed by atoms with Gasteiger partial charge in [-0.2, -0.15) is 0 Å². The fourth-order valence-corrected chi connectivity index (χ4v) is 4.64. The molecule has 4 rings (SSSR count). The second-order valence-corrected chi connectivity index (χ2v) is 7.83. The average Bonchev–Trinajstić information content (AvgIpc) is 3.10. The molecule has 2 aromatic carbocycles. The number of nitrogens with one attached hydrogen (secondary N) is 1. The Morgan fingerprint density at radius 1 is 1.17 bits per heavy atom. The minimum absolute atomic E-state index is 0.0129. The number of aromatic nitrogens is 2. The Morgan fingerprint density at radius 3 is 2.63 bits per heavy atom. The van der Waals surface area contributed by atoms with Gasteiger partial charge in [-0.15, -0.1) is 0 Å². The predicted molar refractivity (Wildman–Crippen MR) is 118 cm³/mol. The number of carbonyl (C=O) groups is 1. The lowest BCUT2D eigenvalue weighted by Gasteiger charge is -2.39. The van der Waals surface area contributed by atoms with Crippen molar-refractivity contribution in [2.75, 3.05) is 24.5 Å². The van der Waals surface area contributed by atoms with Crippen molar-refractivity contribution in [1.82, 2.24) is 14.5 Å². The number of para-hydroxylation sites is 3. The van der Waals surface area contributed by atoms with Crippen LogP contribution in [0, 0.1) is 0 Å². The SMILES string of the molecule is CCN(CCC1CC(n2c(=O)[nH]c3ccccc32)CCN1C(=O)O)c1ccccc1. The van der Waals surface area contributed by atoms with Crippen LogP contribution in [0.2, 0.25) is 0 Å². The lowest BCUT2D eigenvalue weighted by Crippen LogP contribution is -2.48. The van der Waals surface area contributed by atoms with Gasteiger partial charge in [0.25, 0.3) is 0 Å². The van der Waals surface area contributed by atoms with Gasteiger partial charge in [-0.25, -0.2) is 9.59 Å². The molecule has 0 spiro atoms. The van der Waals surface area contributed by atoms with E-state index < -0.39 is 6.09 Å². The number of hydrogen-bond donors (Lipinski definition) is 2. The molecule has 3 aromatic rings. The maximum atomic E-state index is 12.6. The number of amides is 1. The summed E-state index contributed by atoms with van der Waals surface area (Å²) in [6.07, 6.45) is 1.12. The predicted octanol–water partition coefficient (Wildman–Crippen LogP) is 3.93. The first-order chi connectivity index (χ1) is 14.6. The third kappa shape index (κ3) is 3.92. The largest absolute Gasteiger partial charge is 0.465 e. The van der Waals surface area contributed by atoms with E-state index in [1.54, 1.807) is 4.90 Å². The average molecular weight is 409 g/mol. The number of nitrogens with zero attached hydrogens (tertiary/aromatic N) is 3. The van der Waals surface area contributed by atoms with Gasteiger partial charge in [-0.3, -0.25) is 4.57 Å². The Hall–Kier alpha value is -3.22. The quantitative estimate of drug-likeness (QED) is 0.648. The number of likely N-dealkylation sites (tertiary alicyclic amines) is 1. The highest BCUT2D eigenvalue weighted by Crippen LogP contribution is 2.30. The standard InChI is InChI=1S/C23H28N4O3/c1-2-25(17-8-4-3-5-9-17)14-12-18-16-19(13-15-26(18)23(29)30)27-21-11-7-6-10-20(21)24-22(27)28/h3-11,18-19H,2,12-16H2,1H3,(H,24,28)(H,29,30). The molecule has 158 valence electrons. The van der Waals surface area contributed by atoms with Crippen LogP contribution in [0.1, 0.15) is 32.2 Å². The highest BCUT2D eigenvalue weighted by molar-refractivity contribution is 5.75. The van der Waals surface area contributed by atoms with Crippen LogP contribution >= 0.6 is 0 Å². The van der Waals surface area contributed by atoms with Crippen molar-refractivity contribution in [1.29, 1.82) is 0 Å². The van der Waals surface area contributed by atoms with Gasteiger partial charge in [0.1, 0.15) is 0 Å². The Labute approximate surface area is 175 Å². The van der Waals surface area contributed by atoms with E-state index in [1.807, 2.05) is 47.0 Å². The summed E-state index contributed by atoms with van der Waals surface area (Å²) in [5, 5.41) is 9.73. The third-order valence-corrected chi connectivity index (χ3v) is 6.16. The normalized spacial score (nSPS) is 19.2. The molecule has 0 radical (unpaired) electrons. The molecule has 1 aliphatic heterocycles. The van der Waals surface area contributed by atoms with E-state index in [2.05, 4.69) is 28.9 Å². The second kappa shape index (κ2) is 8.65. The highest BCUT2D eigenvalue weighted by atomic mass is 16.4. The lowest BCUT2D eigenvalue weighted by atomic mass is 9.94. The first-order valence-corrected chi connectivity index (χ1v) is 10.6. The zero-order valence-electron chi connectivity index (χ0n) is 17.2. The smallest absolute Gasteiger partial charge is 0.407 e. The topological polar surface area (TPSA) is 81.6 Å². The molecule has 7 heteroatoms. The van der Waals surface area contributed by atoms with Gasteiger partial charge < -0.3 is 19.9 Å². The van der Waals surface area contributed by atoms with Crippen LogP contribution in [0.5, 0.6) is 0 Å². The molecule has 2 atom stereocenters. The molecule has 7 nitrogen and oxygen atoms in total. The van der Waals surface area contributed by atoms with Gasteiger partial charge >= 0.3 is 11.8 Å². The van der Waals surface area contributed by atoms with Crippen molar-refractivity contribution >= 4 is 22.8 Å². The van der Waals surface area contributed by atoms with E-state index in [0.29, 0.717) is 19.4 Å². The van der Waals surface area contributed by atoms with Crippen LogP contribution in [-0.2, 0) is 0 Å². The molecule has 0 aliphatic carbocycles. The minimum atomic E-state index is -0.882. The molecule has 1 amide bonds. The zero-order chi connectivity index (χ0) is 21.1. The van der Waals surface area contributed by atoms with E-state index >= 15 is 0 Å². The molecular formula is C23H28N4O3. The van der Waals surface area contributed by atoms with Crippen molar-refractivity contribution in [2.24, 2.45) is 0 Å². The molecule has 1 fully saturated rings. The van der Waals surface area contributed by atoms with Gasteiger partial charge in [0.2, 0.25) is 0 Å². The molecular weight excluding hydrogens is 380 g/mol. The summed E-state index contributed by atoms with van der Waals surface area (Å²) in [5.41, 5.74) is 2.72. The maximum absolute atomic E-state index is 12.6. The molecule has 1 aliphatic rings. The first-order valence-electron chi connectivity index (χ1n) is 10.6. The maximum Gasteiger partial charge on any atom is 0.407 e. The number of aromatic amines is 1. The van der Waals surface area contributed by atoms with E-state index in [4.69, 9.17) is 0 Å². The van der Waals surface area contributed by atoms with Gasteiger partial charge in [0.15, 0.2) is 0 Å². The Kier molecular flexibility index (Phi) is 5.79. The number of fused-ring (bicyclic) bond motifs is 1. The van der Waals surface area contributed by atoms with Gasteiger partial charge in [-0.05, 0) is 50.5 Å². The van der Waals surface area contributed by atoms with Crippen molar-refractivity contribution in [3.05, 3.63) is 65.1 Å². The van der Waals surface area contributed by atoms with Crippen LogP contribution in [0.15, 0.2) is 59.4 Å². The minimum Gasteiger partial charge on any atom is -0.465 e. The Bertz CT molecular complexity index is 1060. The summed E-state index contributed by atoms with van der Waals surface area (Å²) in [6, 6.07) is 17.7. The molecule has 1 saturated heterocycles. The summed E-state index contributed by atoms with van der Waals surface area (Å²) in [6.45, 7) is 4.17. The number of carboxylic acid groups (broad SMARTS) is 1.